The molecule has 3 aromatic carbocycles. The van der Waals surface area contributed by atoms with Gasteiger partial charge in [-0.3, -0.25) is 9.36 Å². The second kappa shape index (κ2) is 9.24. The molecule has 1 aromatic heterocycles. The zero-order valence-electron chi connectivity index (χ0n) is 16.2. The molecule has 0 radical (unpaired) electrons. The Bertz CT molecular complexity index is 1250. The van der Waals surface area contributed by atoms with E-state index in [2.05, 4.69) is 15.5 Å². The summed E-state index contributed by atoms with van der Waals surface area (Å²) in [4.78, 5) is 12.4. The number of para-hydroxylation sites is 1. The number of hydrogen-bond donors (Lipinski definition) is 1. The lowest BCUT2D eigenvalue weighted by molar-refractivity contribution is -0.113. The Labute approximate surface area is 182 Å². The quantitative estimate of drug-likeness (QED) is 0.450. The fourth-order valence-electron chi connectivity index (χ4n) is 2.95. The molecule has 4 aromatic rings. The summed E-state index contributed by atoms with van der Waals surface area (Å²) in [5.74, 6) is 0.0914. The molecule has 152 valence electrons. The van der Waals surface area contributed by atoms with Gasteiger partial charge in [-0.25, -0.2) is 4.39 Å². The first kappa shape index (κ1) is 20.3. The summed E-state index contributed by atoms with van der Waals surface area (Å²) in [5, 5.41) is 20.8. The fraction of sp³-hybridized carbons (Fsp3) is 0.0435. The molecule has 0 saturated heterocycles. The maximum Gasteiger partial charge on any atom is 0.234 e. The van der Waals surface area contributed by atoms with E-state index in [1.165, 1.54) is 23.9 Å². The van der Waals surface area contributed by atoms with E-state index in [9.17, 15) is 9.18 Å². The Morgan fingerprint density at radius 1 is 1.03 bits per heavy atom. The lowest BCUT2D eigenvalue weighted by Crippen LogP contribution is -2.14. The first-order chi connectivity index (χ1) is 15.1. The maximum atomic E-state index is 13.4. The van der Waals surface area contributed by atoms with Crippen LogP contribution < -0.4 is 5.32 Å². The molecule has 4 rings (SSSR count). The zero-order chi connectivity index (χ0) is 21.6. The van der Waals surface area contributed by atoms with Crippen molar-refractivity contribution in [3.05, 3.63) is 90.2 Å². The van der Waals surface area contributed by atoms with Crippen molar-refractivity contribution in [3.8, 4) is 23.1 Å². The normalized spacial score (nSPS) is 10.5. The van der Waals surface area contributed by atoms with E-state index in [0.717, 1.165) is 5.69 Å². The van der Waals surface area contributed by atoms with Gasteiger partial charge in [-0.15, -0.1) is 10.2 Å². The molecular weight excluding hydrogens is 413 g/mol. The molecule has 0 bridgehead atoms. The van der Waals surface area contributed by atoms with Gasteiger partial charge in [0.1, 0.15) is 5.82 Å². The summed E-state index contributed by atoms with van der Waals surface area (Å²) in [5.41, 5.74) is 2.57. The van der Waals surface area contributed by atoms with Crippen LogP contribution in [0.1, 0.15) is 5.56 Å². The van der Waals surface area contributed by atoms with E-state index in [0.29, 0.717) is 27.8 Å². The second-order valence-electron chi connectivity index (χ2n) is 6.51. The fourth-order valence-corrected chi connectivity index (χ4v) is 3.70. The number of rotatable bonds is 6. The molecule has 8 heteroatoms. The summed E-state index contributed by atoms with van der Waals surface area (Å²) < 4.78 is 15.2. The smallest absolute Gasteiger partial charge is 0.234 e. The number of hydrogen-bond acceptors (Lipinski definition) is 5. The molecule has 0 aliphatic heterocycles. The average molecular weight is 429 g/mol. The highest BCUT2D eigenvalue weighted by atomic mass is 32.2. The average Bonchev–Trinajstić information content (AvgIpc) is 3.23. The molecule has 31 heavy (non-hydrogen) atoms. The van der Waals surface area contributed by atoms with Crippen LogP contribution in [0.25, 0.3) is 17.1 Å². The van der Waals surface area contributed by atoms with Gasteiger partial charge in [0.2, 0.25) is 5.91 Å². The standard InChI is InChI=1S/C23H16FN5OS/c24-18-11-9-17(10-12-18)22-27-28-23(29(22)20-7-2-1-3-8-20)31-15-21(30)26-19-6-4-5-16(13-19)14-25/h1-13H,15H2,(H,26,30). The first-order valence-corrected chi connectivity index (χ1v) is 10.3. The predicted molar refractivity (Wildman–Crippen MR) is 117 cm³/mol. The van der Waals surface area contributed by atoms with Crippen molar-refractivity contribution in [1.82, 2.24) is 14.8 Å². The highest BCUT2D eigenvalue weighted by molar-refractivity contribution is 7.99. The highest BCUT2D eigenvalue weighted by Crippen LogP contribution is 2.28. The number of carbonyl (C=O) groups excluding carboxylic acids is 1. The van der Waals surface area contributed by atoms with Crippen molar-refractivity contribution in [2.45, 2.75) is 5.16 Å². The Balaban J connectivity index is 1.57. The van der Waals surface area contributed by atoms with Gasteiger partial charge < -0.3 is 5.32 Å². The molecule has 0 unspecified atom stereocenters. The molecular formula is C23H16FN5OS. The number of thioether (sulfide) groups is 1. The van der Waals surface area contributed by atoms with Crippen molar-refractivity contribution in [3.63, 3.8) is 0 Å². The topological polar surface area (TPSA) is 83.6 Å². The van der Waals surface area contributed by atoms with Crippen LogP contribution in [0.15, 0.2) is 84.0 Å². The summed E-state index contributed by atoms with van der Waals surface area (Å²) >= 11 is 1.24. The van der Waals surface area contributed by atoms with Gasteiger partial charge in [0.05, 0.1) is 17.4 Å². The maximum absolute atomic E-state index is 13.4. The SMILES string of the molecule is N#Cc1cccc(NC(=O)CSc2nnc(-c3ccc(F)cc3)n2-c2ccccc2)c1. The van der Waals surface area contributed by atoms with Gasteiger partial charge >= 0.3 is 0 Å². The number of nitriles is 1. The molecule has 0 aliphatic rings. The van der Waals surface area contributed by atoms with Gasteiger partial charge in [0, 0.05) is 16.9 Å². The number of halogens is 1. The Hall–Kier alpha value is -3.96. The third kappa shape index (κ3) is 4.79. The van der Waals surface area contributed by atoms with Crippen LogP contribution >= 0.6 is 11.8 Å². The van der Waals surface area contributed by atoms with Crippen molar-refractivity contribution in [2.24, 2.45) is 0 Å². The van der Waals surface area contributed by atoms with E-state index in [1.807, 2.05) is 41.0 Å². The summed E-state index contributed by atoms with van der Waals surface area (Å²) in [6.45, 7) is 0. The predicted octanol–water partition coefficient (Wildman–Crippen LogP) is 4.68. The van der Waals surface area contributed by atoms with Gasteiger partial charge in [0.15, 0.2) is 11.0 Å². The third-order valence-corrected chi connectivity index (χ3v) is 5.29. The summed E-state index contributed by atoms with van der Waals surface area (Å²) in [6, 6.07) is 24.3. The van der Waals surface area contributed by atoms with Gasteiger partial charge in [-0.1, -0.05) is 36.0 Å². The van der Waals surface area contributed by atoms with Gasteiger partial charge in [0.25, 0.3) is 0 Å². The number of benzene rings is 3. The van der Waals surface area contributed by atoms with E-state index < -0.39 is 0 Å². The Morgan fingerprint density at radius 2 is 1.81 bits per heavy atom. The van der Waals surface area contributed by atoms with Crippen LogP contribution in [-0.4, -0.2) is 26.4 Å². The number of nitrogens with zero attached hydrogens (tertiary/aromatic N) is 4. The molecule has 1 amide bonds. The van der Waals surface area contributed by atoms with Crippen molar-refractivity contribution < 1.29 is 9.18 Å². The minimum absolute atomic E-state index is 0.102. The van der Waals surface area contributed by atoms with Gasteiger partial charge in [-0.05, 0) is 54.6 Å². The lowest BCUT2D eigenvalue weighted by atomic mass is 10.2. The summed E-state index contributed by atoms with van der Waals surface area (Å²) in [6.07, 6.45) is 0. The molecule has 0 aliphatic carbocycles. The molecule has 0 fully saturated rings. The number of amides is 1. The number of carbonyl (C=O) groups is 1. The van der Waals surface area contributed by atoms with Crippen LogP contribution in [0.3, 0.4) is 0 Å². The Kier molecular flexibility index (Phi) is 6.05. The molecule has 0 spiro atoms. The van der Waals surface area contributed by atoms with Crippen LogP contribution in [0.2, 0.25) is 0 Å². The zero-order valence-corrected chi connectivity index (χ0v) is 17.0. The highest BCUT2D eigenvalue weighted by Gasteiger charge is 2.17. The van der Waals surface area contributed by atoms with E-state index >= 15 is 0 Å². The Morgan fingerprint density at radius 3 is 2.55 bits per heavy atom. The van der Waals surface area contributed by atoms with Crippen molar-refractivity contribution in [1.29, 1.82) is 5.26 Å². The molecule has 0 atom stereocenters. The van der Waals surface area contributed by atoms with Crippen molar-refractivity contribution >= 4 is 23.4 Å². The van der Waals surface area contributed by atoms with E-state index in [4.69, 9.17) is 5.26 Å². The monoisotopic (exact) mass is 429 g/mol. The minimum atomic E-state index is -0.332. The number of aromatic nitrogens is 3. The van der Waals surface area contributed by atoms with Crippen LogP contribution in [0.4, 0.5) is 10.1 Å². The molecule has 6 nitrogen and oxygen atoms in total. The molecule has 1 N–H and O–H groups in total. The lowest BCUT2D eigenvalue weighted by Gasteiger charge is -2.10. The van der Waals surface area contributed by atoms with Crippen LogP contribution in [-0.2, 0) is 4.79 Å². The third-order valence-electron chi connectivity index (χ3n) is 4.36. The molecule has 1 heterocycles. The van der Waals surface area contributed by atoms with E-state index in [1.54, 1.807) is 36.4 Å². The largest absolute Gasteiger partial charge is 0.325 e. The van der Waals surface area contributed by atoms with Crippen LogP contribution in [0.5, 0.6) is 0 Å². The second-order valence-corrected chi connectivity index (χ2v) is 7.46. The van der Waals surface area contributed by atoms with Crippen LogP contribution in [0, 0.1) is 17.1 Å². The minimum Gasteiger partial charge on any atom is -0.325 e. The van der Waals surface area contributed by atoms with E-state index in [-0.39, 0.29) is 17.5 Å². The molecule has 0 saturated carbocycles. The number of anilines is 1. The van der Waals surface area contributed by atoms with Crippen molar-refractivity contribution in [2.75, 3.05) is 11.1 Å². The van der Waals surface area contributed by atoms with Gasteiger partial charge in [-0.2, -0.15) is 5.26 Å². The number of nitrogens with one attached hydrogen (secondary N) is 1. The first-order valence-electron chi connectivity index (χ1n) is 9.33. The summed E-state index contributed by atoms with van der Waals surface area (Å²) in [7, 11) is 0.